The molecule has 1 aromatic heterocycles. The number of rotatable bonds is 4. The standard InChI is InChI=1S/C52H32O/c1-2-14-34(15-3-1)41-23-12-24-46-48-31-37(27-28-49(48)53-52(41)46)47-32-39(30-36-17-6-7-18-40(36)47)51-44-21-10-8-19-42(44)50(43-20-9-11-22-45(43)51)38-26-25-33-13-4-5-16-35(33)29-38/h1-32H/i1D,2D,3D,4D,5D,8D,9D,10D,11D,12D,13D,14D,15D,16D,19D,20D,21D,23D,24D,25D,26D,27D,28D,29D,31D. The van der Waals surface area contributed by atoms with Crippen molar-refractivity contribution in [1.29, 1.82) is 0 Å². The molecule has 0 aliphatic heterocycles. The van der Waals surface area contributed by atoms with Crippen LogP contribution in [0.1, 0.15) is 34.3 Å². The van der Waals surface area contributed by atoms with E-state index in [0.29, 0.717) is 10.8 Å². The zero-order chi connectivity index (χ0) is 56.6. The van der Waals surface area contributed by atoms with E-state index in [1.54, 1.807) is 30.3 Å². The predicted octanol–water partition coefficient (Wildman–Crippen LogP) is 14.9. The van der Waals surface area contributed by atoms with Crippen LogP contribution in [-0.4, -0.2) is 0 Å². The molecule has 1 heteroatoms. The van der Waals surface area contributed by atoms with Crippen molar-refractivity contribution in [3.05, 3.63) is 194 Å². The lowest BCUT2D eigenvalue weighted by atomic mass is 9.84. The Morgan fingerprint density at radius 2 is 1.06 bits per heavy atom. The molecule has 0 atom stereocenters. The van der Waals surface area contributed by atoms with E-state index in [2.05, 4.69) is 0 Å². The average Bonchev–Trinajstić information content (AvgIpc) is 3.78. The van der Waals surface area contributed by atoms with Gasteiger partial charge in [0.05, 0.1) is 34.3 Å². The maximum Gasteiger partial charge on any atom is 0.143 e. The SMILES string of the molecule is [2H]c1cc2c(-c3cc(-c4c([2H])c([2H])c5oc6c(-c7c([2H])c([2H])c([2H])c([2H])c7[2H])c([2H])c([2H])c([2H])c6c5c4[2H])c4ccccc4c3)c3c([2H])c([2H])c([2H])c([2H])c3c(-c3c([2H])c([2H])c4c([2H])c([2H])c([2H])c([2H])c4c3[2H])c2c([2H])c1[2H]. The summed E-state index contributed by atoms with van der Waals surface area (Å²) < 4.78 is 231. The first-order chi connectivity index (χ1) is 36.7. The summed E-state index contributed by atoms with van der Waals surface area (Å²) in [6.45, 7) is 0. The molecule has 0 bridgehead atoms. The van der Waals surface area contributed by atoms with Gasteiger partial charge >= 0.3 is 0 Å². The van der Waals surface area contributed by atoms with Crippen LogP contribution in [0.3, 0.4) is 0 Å². The van der Waals surface area contributed by atoms with E-state index in [1.165, 1.54) is 6.07 Å². The summed E-state index contributed by atoms with van der Waals surface area (Å²) in [5.41, 5.74) is -3.35. The third-order valence-electron chi connectivity index (χ3n) is 9.18. The van der Waals surface area contributed by atoms with Crippen molar-refractivity contribution >= 4 is 65.0 Å². The van der Waals surface area contributed by atoms with Crippen LogP contribution in [-0.2, 0) is 0 Å². The highest BCUT2D eigenvalue weighted by molar-refractivity contribution is 6.22. The fraction of sp³-hybridized carbons (Fsp3) is 0. The summed E-state index contributed by atoms with van der Waals surface area (Å²) in [6, 6.07) is -7.67. The molecule has 11 rings (SSSR count). The minimum Gasteiger partial charge on any atom is -0.455 e. The maximum absolute atomic E-state index is 9.91. The third-order valence-corrected chi connectivity index (χ3v) is 9.18. The number of hydrogen-bond donors (Lipinski definition) is 0. The lowest BCUT2D eigenvalue weighted by Gasteiger charge is -2.19. The Labute approximate surface area is 342 Å². The van der Waals surface area contributed by atoms with E-state index in [9.17, 15) is 11.0 Å². The van der Waals surface area contributed by atoms with Gasteiger partial charge in [0.2, 0.25) is 0 Å². The van der Waals surface area contributed by atoms with Gasteiger partial charge in [-0.05, 0) is 112 Å². The molecular formula is C52H32O. The molecule has 246 valence electrons. The Balaban J connectivity index is 1.32. The average molecular weight is 698 g/mol. The number of benzene rings is 10. The summed E-state index contributed by atoms with van der Waals surface area (Å²) in [5.74, 6) is 0. The lowest BCUT2D eigenvalue weighted by Crippen LogP contribution is -1.92. The van der Waals surface area contributed by atoms with Crippen molar-refractivity contribution in [2.75, 3.05) is 0 Å². The van der Waals surface area contributed by atoms with E-state index in [-0.39, 0.29) is 49.2 Å². The predicted molar refractivity (Wildman–Crippen MR) is 225 cm³/mol. The Kier molecular flexibility index (Phi) is 3.17. The van der Waals surface area contributed by atoms with Crippen LogP contribution in [0.4, 0.5) is 0 Å². The normalized spacial score (nSPS) is 18.4. The van der Waals surface area contributed by atoms with Crippen molar-refractivity contribution in [1.82, 2.24) is 0 Å². The zero-order valence-electron chi connectivity index (χ0n) is 51.9. The largest absolute Gasteiger partial charge is 0.455 e. The smallest absolute Gasteiger partial charge is 0.143 e. The van der Waals surface area contributed by atoms with Gasteiger partial charge in [-0.2, -0.15) is 0 Å². The molecule has 1 nitrogen and oxygen atoms in total. The number of hydrogen-bond acceptors (Lipinski definition) is 1. The van der Waals surface area contributed by atoms with Crippen molar-refractivity contribution in [2.24, 2.45) is 0 Å². The minimum atomic E-state index is -0.821. The second-order valence-corrected chi connectivity index (χ2v) is 12.1. The van der Waals surface area contributed by atoms with Gasteiger partial charge in [0.15, 0.2) is 0 Å². The Bertz CT molecular complexity index is 4650. The van der Waals surface area contributed by atoms with Gasteiger partial charge in [0.1, 0.15) is 11.2 Å². The highest BCUT2D eigenvalue weighted by atomic mass is 16.3. The highest BCUT2D eigenvalue weighted by Crippen LogP contribution is 2.46. The van der Waals surface area contributed by atoms with Crippen molar-refractivity contribution in [3.8, 4) is 44.5 Å². The summed E-state index contributed by atoms with van der Waals surface area (Å²) in [4.78, 5) is 0. The van der Waals surface area contributed by atoms with Gasteiger partial charge in [-0.25, -0.2) is 0 Å². The molecular weight excluding hydrogens is 641 g/mol. The molecule has 0 unspecified atom stereocenters. The fourth-order valence-electron chi connectivity index (χ4n) is 6.91. The van der Waals surface area contributed by atoms with E-state index < -0.39 is 201 Å². The van der Waals surface area contributed by atoms with Gasteiger partial charge in [-0.1, -0.05) is 163 Å². The summed E-state index contributed by atoms with van der Waals surface area (Å²) in [6.07, 6.45) is 0. The van der Waals surface area contributed by atoms with Gasteiger partial charge in [0.25, 0.3) is 0 Å². The van der Waals surface area contributed by atoms with Crippen LogP contribution in [0.5, 0.6) is 0 Å². The van der Waals surface area contributed by atoms with E-state index >= 15 is 0 Å². The summed E-state index contributed by atoms with van der Waals surface area (Å²) in [5, 5.41) is -2.24. The Hall–Kier alpha value is -6.96. The molecule has 0 radical (unpaired) electrons. The van der Waals surface area contributed by atoms with Crippen LogP contribution < -0.4 is 0 Å². The summed E-state index contributed by atoms with van der Waals surface area (Å²) >= 11 is 0. The van der Waals surface area contributed by atoms with Gasteiger partial charge < -0.3 is 4.42 Å². The van der Waals surface area contributed by atoms with Crippen LogP contribution in [0.15, 0.2) is 198 Å². The Morgan fingerprint density at radius 3 is 1.92 bits per heavy atom. The number of para-hydroxylation sites is 1. The molecule has 11 aromatic rings. The second-order valence-electron chi connectivity index (χ2n) is 12.1. The third kappa shape index (κ3) is 4.71. The first kappa shape index (κ1) is 14.2. The van der Waals surface area contributed by atoms with Crippen molar-refractivity contribution < 1.29 is 38.7 Å². The van der Waals surface area contributed by atoms with E-state index in [0.717, 1.165) is 6.07 Å². The molecule has 0 saturated carbocycles. The summed E-state index contributed by atoms with van der Waals surface area (Å²) in [7, 11) is 0. The minimum absolute atomic E-state index is 0.0216. The Morgan fingerprint density at radius 1 is 0.358 bits per heavy atom. The fourth-order valence-corrected chi connectivity index (χ4v) is 6.91. The molecule has 0 spiro atoms. The quantitative estimate of drug-likeness (QED) is 0.167. The van der Waals surface area contributed by atoms with Gasteiger partial charge in [0, 0.05) is 16.3 Å². The molecule has 0 saturated heterocycles. The first-order valence-electron chi connectivity index (χ1n) is 28.7. The van der Waals surface area contributed by atoms with Crippen LogP contribution >= 0.6 is 0 Å². The monoisotopic (exact) mass is 697 g/mol. The van der Waals surface area contributed by atoms with Gasteiger partial charge in [-0.15, -0.1) is 0 Å². The van der Waals surface area contributed by atoms with E-state index in [1.807, 2.05) is 0 Å². The molecule has 0 amide bonds. The van der Waals surface area contributed by atoms with Crippen LogP contribution in [0.25, 0.3) is 110 Å². The number of fused-ring (bicyclic) bond motifs is 7. The molecule has 0 fully saturated rings. The molecule has 53 heavy (non-hydrogen) atoms. The highest BCUT2D eigenvalue weighted by Gasteiger charge is 2.19. The molecule has 0 aliphatic carbocycles. The topological polar surface area (TPSA) is 13.1 Å². The van der Waals surface area contributed by atoms with Gasteiger partial charge in [-0.3, -0.25) is 0 Å². The molecule has 0 N–H and O–H groups in total. The number of furan rings is 1. The van der Waals surface area contributed by atoms with Crippen LogP contribution in [0, 0.1) is 0 Å². The molecule has 1 heterocycles. The second kappa shape index (κ2) is 11.8. The zero-order valence-corrected chi connectivity index (χ0v) is 26.9. The maximum atomic E-state index is 9.91. The van der Waals surface area contributed by atoms with Crippen LogP contribution in [0.2, 0.25) is 0 Å². The van der Waals surface area contributed by atoms with E-state index in [4.69, 9.17) is 27.7 Å². The van der Waals surface area contributed by atoms with Crippen molar-refractivity contribution in [2.45, 2.75) is 0 Å². The molecule has 10 aromatic carbocycles. The van der Waals surface area contributed by atoms with Crippen molar-refractivity contribution in [3.63, 3.8) is 0 Å². The molecule has 0 aliphatic rings. The lowest BCUT2D eigenvalue weighted by molar-refractivity contribution is 0.670. The first-order valence-corrected chi connectivity index (χ1v) is 16.2.